The van der Waals surface area contributed by atoms with Gasteiger partial charge in [0.1, 0.15) is 11.6 Å². The summed E-state index contributed by atoms with van der Waals surface area (Å²) < 4.78 is 0. The highest BCUT2D eigenvalue weighted by Gasteiger charge is 2.39. The van der Waals surface area contributed by atoms with Crippen LogP contribution in [0.25, 0.3) is 0 Å². The number of nitrogens with one attached hydrogen (secondary N) is 1. The van der Waals surface area contributed by atoms with Crippen molar-refractivity contribution < 1.29 is 0 Å². The Morgan fingerprint density at radius 2 is 2.22 bits per heavy atom. The van der Waals surface area contributed by atoms with Crippen molar-refractivity contribution in [2.75, 3.05) is 18.0 Å². The van der Waals surface area contributed by atoms with E-state index in [0.717, 1.165) is 37.6 Å². The Morgan fingerprint density at radius 1 is 1.56 bits per heavy atom. The molecule has 1 aliphatic heterocycles. The third-order valence-electron chi connectivity index (χ3n) is 3.38. The Hall–Kier alpha value is -1.36. The van der Waals surface area contributed by atoms with Gasteiger partial charge >= 0.3 is 0 Å². The summed E-state index contributed by atoms with van der Waals surface area (Å²) in [6.07, 6.45) is 2.11. The summed E-state index contributed by atoms with van der Waals surface area (Å²) >= 11 is 0. The number of hydrogen-bond donors (Lipinski definition) is 2. The lowest BCUT2D eigenvalue weighted by molar-refractivity contribution is 0.305. The van der Waals surface area contributed by atoms with E-state index < -0.39 is 0 Å². The molecule has 0 bridgehead atoms. The zero-order valence-corrected chi connectivity index (χ0v) is 11.4. The molecule has 5 nitrogen and oxygen atoms in total. The molecular weight excluding hydrogens is 228 g/mol. The van der Waals surface area contributed by atoms with Gasteiger partial charge in [-0.15, -0.1) is 0 Å². The van der Waals surface area contributed by atoms with Crippen LogP contribution >= 0.6 is 0 Å². The monoisotopic (exact) mass is 250 g/mol. The molecule has 0 radical (unpaired) electrons. The van der Waals surface area contributed by atoms with E-state index in [-0.39, 0.29) is 17.0 Å². The summed E-state index contributed by atoms with van der Waals surface area (Å²) in [5.41, 5.74) is 6.03. The zero-order valence-electron chi connectivity index (χ0n) is 11.4. The van der Waals surface area contributed by atoms with Crippen LogP contribution < -0.4 is 16.2 Å². The van der Waals surface area contributed by atoms with Crippen molar-refractivity contribution in [3.63, 3.8) is 0 Å². The van der Waals surface area contributed by atoms with Crippen molar-refractivity contribution in [3.05, 3.63) is 22.2 Å². The Morgan fingerprint density at radius 3 is 2.78 bits per heavy atom. The Labute approximate surface area is 107 Å². The molecule has 0 spiro atoms. The Bertz CT molecular complexity index is 474. The van der Waals surface area contributed by atoms with E-state index >= 15 is 0 Å². The highest BCUT2D eigenvalue weighted by atomic mass is 16.1. The molecule has 0 saturated carbocycles. The van der Waals surface area contributed by atoms with Crippen LogP contribution in [0, 0.1) is 0 Å². The van der Waals surface area contributed by atoms with E-state index in [1.165, 1.54) is 0 Å². The Balaban J connectivity index is 2.14. The number of H-pyrrole nitrogens is 1. The van der Waals surface area contributed by atoms with Gasteiger partial charge in [0.15, 0.2) is 0 Å². The molecule has 0 atom stereocenters. The fourth-order valence-corrected chi connectivity index (χ4v) is 2.43. The molecule has 1 aliphatic rings. The second-order valence-corrected chi connectivity index (χ2v) is 5.61. The summed E-state index contributed by atoms with van der Waals surface area (Å²) in [6, 6.07) is 1.55. The normalized spacial score (nSPS) is 17.9. The minimum atomic E-state index is -0.100. The molecule has 1 aromatic rings. The van der Waals surface area contributed by atoms with Crippen molar-refractivity contribution >= 4 is 5.82 Å². The third kappa shape index (κ3) is 2.56. The molecule has 0 unspecified atom stereocenters. The fraction of sp³-hybridized carbons (Fsp3) is 0.692. The molecule has 18 heavy (non-hydrogen) atoms. The van der Waals surface area contributed by atoms with Crippen LogP contribution in [-0.2, 0) is 0 Å². The fourth-order valence-electron chi connectivity index (χ4n) is 2.43. The number of anilines is 1. The second kappa shape index (κ2) is 4.72. The molecule has 1 fully saturated rings. The van der Waals surface area contributed by atoms with Crippen LogP contribution in [0.3, 0.4) is 0 Å². The first-order valence-electron chi connectivity index (χ1n) is 6.58. The van der Waals surface area contributed by atoms with Crippen molar-refractivity contribution in [1.82, 2.24) is 9.97 Å². The highest BCUT2D eigenvalue weighted by molar-refractivity contribution is 5.44. The van der Waals surface area contributed by atoms with Crippen LogP contribution in [0.4, 0.5) is 5.82 Å². The molecule has 5 heteroatoms. The van der Waals surface area contributed by atoms with E-state index in [1.54, 1.807) is 6.07 Å². The second-order valence-electron chi connectivity index (χ2n) is 5.61. The molecule has 0 aromatic carbocycles. The van der Waals surface area contributed by atoms with E-state index in [1.807, 2.05) is 13.8 Å². The third-order valence-corrected chi connectivity index (χ3v) is 3.38. The minimum absolute atomic E-state index is 0.0892. The topological polar surface area (TPSA) is 75.0 Å². The lowest BCUT2D eigenvalue weighted by Gasteiger charge is -2.48. The van der Waals surface area contributed by atoms with Crippen LogP contribution in [0.5, 0.6) is 0 Å². The van der Waals surface area contributed by atoms with Crippen LogP contribution in [0.15, 0.2) is 10.9 Å². The SMILES string of the molecule is CCCC1(N)CN(c2cc(=O)[nH]c(C(C)C)n2)C1. The summed E-state index contributed by atoms with van der Waals surface area (Å²) in [4.78, 5) is 20.9. The maximum absolute atomic E-state index is 11.6. The molecule has 0 aliphatic carbocycles. The molecular formula is C13H22N4O. The first-order valence-corrected chi connectivity index (χ1v) is 6.58. The van der Waals surface area contributed by atoms with Crippen molar-refractivity contribution in [1.29, 1.82) is 0 Å². The van der Waals surface area contributed by atoms with E-state index in [2.05, 4.69) is 21.8 Å². The molecule has 0 amide bonds. The number of aromatic nitrogens is 2. The van der Waals surface area contributed by atoms with Gasteiger partial charge in [-0.05, 0) is 6.42 Å². The average molecular weight is 250 g/mol. The van der Waals surface area contributed by atoms with Gasteiger partial charge in [-0.1, -0.05) is 27.2 Å². The predicted octanol–water partition coefficient (Wildman–Crippen LogP) is 1.21. The van der Waals surface area contributed by atoms with Crippen molar-refractivity contribution in [2.45, 2.75) is 45.1 Å². The molecule has 1 saturated heterocycles. The first kappa shape index (κ1) is 13.1. The number of nitrogens with two attached hydrogens (primary N) is 1. The van der Waals surface area contributed by atoms with Gasteiger partial charge < -0.3 is 15.6 Å². The quantitative estimate of drug-likeness (QED) is 0.842. The highest BCUT2D eigenvalue weighted by Crippen LogP contribution is 2.27. The minimum Gasteiger partial charge on any atom is -0.353 e. The van der Waals surface area contributed by atoms with Gasteiger partial charge in [0.25, 0.3) is 5.56 Å². The standard InChI is InChI=1S/C13H22N4O/c1-4-5-13(14)7-17(8-13)10-6-11(18)16-12(15-10)9(2)3/h6,9H,4-5,7-8,14H2,1-3H3,(H,15,16,18). The van der Waals surface area contributed by atoms with Gasteiger partial charge in [0.05, 0.1) is 5.54 Å². The zero-order chi connectivity index (χ0) is 13.3. The molecule has 2 rings (SSSR count). The van der Waals surface area contributed by atoms with Crippen LogP contribution in [0.1, 0.15) is 45.4 Å². The van der Waals surface area contributed by atoms with Crippen molar-refractivity contribution in [3.8, 4) is 0 Å². The van der Waals surface area contributed by atoms with Crippen LogP contribution in [0.2, 0.25) is 0 Å². The lowest BCUT2D eigenvalue weighted by Crippen LogP contribution is -2.67. The first-order chi connectivity index (χ1) is 8.43. The number of nitrogens with zero attached hydrogens (tertiary/aromatic N) is 2. The number of rotatable bonds is 4. The molecule has 100 valence electrons. The number of hydrogen-bond acceptors (Lipinski definition) is 4. The average Bonchev–Trinajstić information content (AvgIpc) is 2.25. The van der Waals surface area contributed by atoms with Crippen molar-refractivity contribution in [2.24, 2.45) is 5.73 Å². The molecule has 3 N–H and O–H groups in total. The van der Waals surface area contributed by atoms with Crippen LogP contribution in [-0.4, -0.2) is 28.6 Å². The smallest absolute Gasteiger partial charge is 0.252 e. The van der Waals surface area contributed by atoms with Gasteiger partial charge in [0.2, 0.25) is 0 Å². The van der Waals surface area contributed by atoms with E-state index in [4.69, 9.17) is 5.73 Å². The Kier molecular flexibility index (Phi) is 3.43. The summed E-state index contributed by atoms with van der Waals surface area (Å²) in [6.45, 7) is 7.74. The van der Waals surface area contributed by atoms with Gasteiger partial charge in [-0.2, -0.15) is 0 Å². The number of aromatic amines is 1. The van der Waals surface area contributed by atoms with E-state index in [9.17, 15) is 4.79 Å². The largest absolute Gasteiger partial charge is 0.353 e. The summed E-state index contributed by atoms with van der Waals surface area (Å²) in [5, 5.41) is 0. The summed E-state index contributed by atoms with van der Waals surface area (Å²) in [5.74, 6) is 1.71. The van der Waals surface area contributed by atoms with Gasteiger partial charge in [0, 0.05) is 25.1 Å². The maximum atomic E-state index is 11.6. The molecule has 1 aromatic heterocycles. The summed E-state index contributed by atoms with van der Waals surface area (Å²) in [7, 11) is 0. The molecule has 2 heterocycles. The maximum Gasteiger partial charge on any atom is 0.252 e. The lowest BCUT2D eigenvalue weighted by atomic mass is 9.86. The van der Waals surface area contributed by atoms with Gasteiger partial charge in [-0.3, -0.25) is 4.79 Å². The van der Waals surface area contributed by atoms with E-state index in [0.29, 0.717) is 0 Å². The predicted molar refractivity (Wildman–Crippen MR) is 73.0 cm³/mol. The van der Waals surface area contributed by atoms with Gasteiger partial charge in [-0.25, -0.2) is 4.98 Å².